The van der Waals surface area contributed by atoms with Crippen molar-refractivity contribution < 1.29 is 27.5 Å². The number of sulfonamides is 1. The molecule has 170 valence electrons. The van der Waals surface area contributed by atoms with Gasteiger partial charge in [-0.25, -0.2) is 13.1 Å². The lowest BCUT2D eigenvalue weighted by Gasteiger charge is -2.26. The lowest BCUT2D eigenvalue weighted by atomic mass is 10.1. The number of nitrogens with zero attached hydrogens (tertiary/aromatic N) is 1. The number of ether oxygens (including phenoxy) is 1. The summed E-state index contributed by atoms with van der Waals surface area (Å²) in [6.45, 7) is 1.09. The Bertz CT molecular complexity index is 1130. The molecule has 1 fully saturated rings. The molecule has 0 saturated carbocycles. The molecule has 0 radical (unpaired) electrons. The fourth-order valence-electron chi connectivity index (χ4n) is 3.18. The second-order valence-electron chi connectivity index (χ2n) is 7.03. The van der Waals surface area contributed by atoms with Gasteiger partial charge in [-0.2, -0.15) is 0 Å². The summed E-state index contributed by atoms with van der Waals surface area (Å²) in [6, 6.07) is 10.8. The zero-order chi connectivity index (χ0) is 23.3. The van der Waals surface area contributed by atoms with Gasteiger partial charge in [-0.1, -0.05) is 12.1 Å². The summed E-state index contributed by atoms with van der Waals surface area (Å²) in [5, 5.41) is 5.40. The van der Waals surface area contributed by atoms with Gasteiger partial charge in [0, 0.05) is 30.8 Å². The zero-order valence-corrected chi connectivity index (χ0v) is 18.5. The Morgan fingerprint density at radius 1 is 1.12 bits per heavy atom. The SMILES string of the molecule is CNS(=O)(=O)c1cc(C(=O)NCc2ccc(C(=O)N3CCNC(=O)C3)cc2)ccc1OC. The molecule has 3 amide bonds. The molecule has 11 heteroatoms. The highest BCUT2D eigenvalue weighted by molar-refractivity contribution is 7.89. The summed E-state index contributed by atoms with van der Waals surface area (Å²) in [4.78, 5) is 37.9. The standard InChI is InChI=1S/C21H24N4O6S/c1-22-32(29,30)18-11-16(7-8-17(18)31-2)20(27)24-12-14-3-5-15(6-4-14)21(28)25-10-9-23-19(26)13-25/h3-8,11,22H,9-10,12-13H2,1-2H3,(H,23,26)(H,24,27). The minimum Gasteiger partial charge on any atom is -0.495 e. The first-order chi connectivity index (χ1) is 15.2. The third kappa shape index (κ3) is 5.24. The Hall–Kier alpha value is -3.44. The molecule has 10 nitrogen and oxygen atoms in total. The Morgan fingerprint density at radius 2 is 1.81 bits per heavy atom. The summed E-state index contributed by atoms with van der Waals surface area (Å²) in [6.07, 6.45) is 0. The van der Waals surface area contributed by atoms with Crippen LogP contribution in [0.3, 0.4) is 0 Å². The normalized spacial score (nSPS) is 13.9. The lowest BCUT2D eigenvalue weighted by Crippen LogP contribution is -2.49. The van der Waals surface area contributed by atoms with Gasteiger partial charge in [0.25, 0.3) is 11.8 Å². The van der Waals surface area contributed by atoms with Crippen molar-refractivity contribution in [1.82, 2.24) is 20.3 Å². The average molecular weight is 461 g/mol. The van der Waals surface area contributed by atoms with E-state index in [0.717, 1.165) is 5.56 Å². The molecule has 2 aromatic rings. The van der Waals surface area contributed by atoms with Gasteiger partial charge >= 0.3 is 0 Å². The molecule has 0 aliphatic carbocycles. The smallest absolute Gasteiger partial charge is 0.254 e. The molecular formula is C21H24N4O6S. The van der Waals surface area contributed by atoms with Crippen LogP contribution in [0.4, 0.5) is 0 Å². The van der Waals surface area contributed by atoms with Crippen molar-refractivity contribution in [3.8, 4) is 5.75 Å². The van der Waals surface area contributed by atoms with Crippen LogP contribution in [0.15, 0.2) is 47.4 Å². The Morgan fingerprint density at radius 3 is 2.44 bits per heavy atom. The van der Waals surface area contributed by atoms with Gasteiger partial charge in [0.2, 0.25) is 15.9 Å². The Labute approximate surface area is 186 Å². The van der Waals surface area contributed by atoms with E-state index in [2.05, 4.69) is 15.4 Å². The molecule has 32 heavy (non-hydrogen) atoms. The summed E-state index contributed by atoms with van der Waals surface area (Å²) in [5.74, 6) is -0.748. The van der Waals surface area contributed by atoms with E-state index < -0.39 is 15.9 Å². The number of hydrogen-bond donors (Lipinski definition) is 3. The highest BCUT2D eigenvalue weighted by Gasteiger charge is 2.22. The van der Waals surface area contributed by atoms with Crippen LogP contribution in [-0.4, -0.2) is 64.8 Å². The fraction of sp³-hybridized carbons (Fsp3) is 0.286. The molecular weight excluding hydrogens is 436 g/mol. The largest absolute Gasteiger partial charge is 0.495 e. The highest BCUT2D eigenvalue weighted by atomic mass is 32.2. The van der Waals surface area contributed by atoms with Crippen molar-refractivity contribution in [1.29, 1.82) is 0 Å². The number of amides is 3. The molecule has 0 atom stereocenters. The quantitative estimate of drug-likeness (QED) is 0.537. The van der Waals surface area contributed by atoms with Gasteiger partial charge in [-0.15, -0.1) is 0 Å². The van der Waals surface area contributed by atoms with Crippen LogP contribution in [-0.2, 0) is 21.4 Å². The molecule has 1 heterocycles. The third-order valence-electron chi connectivity index (χ3n) is 4.96. The first kappa shape index (κ1) is 23.2. The number of carbonyl (C=O) groups excluding carboxylic acids is 3. The van der Waals surface area contributed by atoms with Crippen LogP contribution in [0.1, 0.15) is 26.3 Å². The molecule has 1 saturated heterocycles. The number of hydrogen-bond acceptors (Lipinski definition) is 6. The Balaban J connectivity index is 1.66. The van der Waals surface area contributed by atoms with Crippen molar-refractivity contribution in [3.05, 3.63) is 59.2 Å². The molecule has 2 aromatic carbocycles. The van der Waals surface area contributed by atoms with Gasteiger partial charge in [-0.3, -0.25) is 14.4 Å². The maximum atomic E-state index is 12.5. The van der Waals surface area contributed by atoms with E-state index >= 15 is 0 Å². The number of piperazine rings is 1. The number of methoxy groups -OCH3 is 1. The maximum absolute atomic E-state index is 12.5. The van der Waals surface area contributed by atoms with E-state index in [4.69, 9.17) is 4.74 Å². The molecule has 0 bridgehead atoms. The van der Waals surface area contributed by atoms with Crippen LogP contribution in [0.2, 0.25) is 0 Å². The fourth-order valence-corrected chi connectivity index (χ4v) is 4.10. The first-order valence-corrected chi connectivity index (χ1v) is 11.3. The highest BCUT2D eigenvalue weighted by Crippen LogP contribution is 2.24. The molecule has 0 unspecified atom stereocenters. The van der Waals surface area contributed by atoms with E-state index in [1.807, 2.05) is 0 Å². The summed E-state index contributed by atoms with van der Waals surface area (Å²) in [5.41, 5.74) is 1.37. The molecule has 0 spiro atoms. The molecule has 0 aromatic heterocycles. The molecule has 1 aliphatic rings. The minimum absolute atomic E-state index is 0.0315. The van der Waals surface area contributed by atoms with Crippen LogP contribution in [0.5, 0.6) is 5.75 Å². The van der Waals surface area contributed by atoms with Crippen LogP contribution in [0, 0.1) is 0 Å². The van der Waals surface area contributed by atoms with Crippen LogP contribution in [0.25, 0.3) is 0 Å². The van der Waals surface area contributed by atoms with Gasteiger partial charge in [0.15, 0.2) is 0 Å². The summed E-state index contributed by atoms with van der Waals surface area (Å²) < 4.78 is 31.6. The monoisotopic (exact) mass is 460 g/mol. The summed E-state index contributed by atoms with van der Waals surface area (Å²) in [7, 11) is -1.19. The average Bonchev–Trinajstić information content (AvgIpc) is 2.82. The minimum atomic E-state index is -3.81. The van der Waals surface area contributed by atoms with E-state index in [-0.39, 0.29) is 41.1 Å². The van der Waals surface area contributed by atoms with Crippen molar-refractivity contribution in [2.24, 2.45) is 0 Å². The zero-order valence-electron chi connectivity index (χ0n) is 17.7. The number of carbonyl (C=O) groups is 3. The second-order valence-corrected chi connectivity index (χ2v) is 8.88. The number of nitrogens with one attached hydrogen (secondary N) is 3. The van der Waals surface area contributed by atoms with Crippen LogP contribution < -0.4 is 20.1 Å². The van der Waals surface area contributed by atoms with Gasteiger partial charge in [0.1, 0.15) is 10.6 Å². The van der Waals surface area contributed by atoms with E-state index in [9.17, 15) is 22.8 Å². The van der Waals surface area contributed by atoms with E-state index in [1.165, 1.54) is 37.3 Å². The molecule has 1 aliphatic heterocycles. The molecule has 3 rings (SSSR count). The van der Waals surface area contributed by atoms with Crippen molar-refractivity contribution in [2.75, 3.05) is 33.8 Å². The summed E-state index contributed by atoms with van der Waals surface area (Å²) >= 11 is 0. The lowest BCUT2D eigenvalue weighted by molar-refractivity contribution is -0.123. The van der Waals surface area contributed by atoms with Crippen molar-refractivity contribution in [3.63, 3.8) is 0 Å². The number of benzene rings is 2. The van der Waals surface area contributed by atoms with Gasteiger partial charge < -0.3 is 20.3 Å². The Kier molecular flexibility index (Phi) is 7.11. The van der Waals surface area contributed by atoms with Gasteiger partial charge in [0.05, 0.1) is 13.7 Å². The van der Waals surface area contributed by atoms with Gasteiger partial charge in [-0.05, 0) is 42.9 Å². The maximum Gasteiger partial charge on any atom is 0.254 e. The van der Waals surface area contributed by atoms with Crippen LogP contribution >= 0.6 is 0 Å². The topological polar surface area (TPSA) is 134 Å². The molecule has 3 N–H and O–H groups in total. The van der Waals surface area contributed by atoms with E-state index in [1.54, 1.807) is 24.3 Å². The first-order valence-electron chi connectivity index (χ1n) is 9.80. The van der Waals surface area contributed by atoms with Crippen molar-refractivity contribution in [2.45, 2.75) is 11.4 Å². The third-order valence-corrected chi connectivity index (χ3v) is 6.40. The second kappa shape index (κ2) is 9.79. The predicted molar refractivity (Wildman–Crippen MR) is 116 cm³/mol. The van der Waals surface area contributed by atoms with Crippen molar-refractivity contribution >= 4 is 27.7 Å². The predicted octanol–water partition coefficient (Wildman–Crippen LogP) is 0.105. The number of rotatable bonds is 7. The van der Waals surface area contributed by atoms with E-state index in [0.29, 0.717) is 18.7 Å².